The van der Waals surface area contributed by atoms with Crippen molar-refractivity contribution in [3.8, 4) is 0 Å². The zero-order chi connectivity index (χ0) is 17.2. The molecule has 1 fully saturated rings. The van der Waals surface area contributed by atoms with Crippen molar-refractivity contribution >= 4 is 44.0 Å². The number of rotatable bonds is 3. The normalized spacial score (nSPS) is 14.0. The monoisotopic (exact) mass is 394 g/mol. The molecule has 3 nitrogen and oxygen atoms in total. The first-order chi connectivity index (χ1) is 12.2. The van der Waals surface area contributed by atoms with Crippen LogP contribution in [0.4, 0.5) is 11.4 Å². The predicted octanol–water partition coefficient (Wildman–Crippen LogP) is 5.45. The molecular weight excluding hydrogens is 376 g/mol. The molecule has 0 atom stereocenters. The highest BCUT2D eigenvalue weighted by atomic mass is 79.9. The molecule has 1 N–H and O–H groups in total. The summed E-state index contributed by atoms with van der Waals surface area (Å²) in [6.07, 6.45) is 2.42. The summed E-state index contributed by atoms with van der Waals surface area (Å²) in [5, 5.41) is 5.12. The van der Waals surface area contributed by atoms with Crippen molar-refractivity contribution in [2.45, 2.75) is 12.8 Å². The van der Waals surface area contributed by atoms with E-state index in [4.69, 9.17) is 0 Å². The second kappa shape index (κ2) is 6.89. The number of anilines is 2. The van der Waals surface area contributed by atoms with E-state index in [0.29, 0.717) is 5.56 Å². The topological polar surface area (TPSA) is 32.3 Å². The van der Waals surface area contributed by atoms with Gasteiger partial charge in [-0.3, -0.25) is 4.79 Å². The molecule has 126 valence electrons. The smallest absolute Gasteiger partial charge is 0.256 e. The molecule has 0 bridgehead atoms. The van der Waals surface area contributed by atoms with Gasteiger partial charge >= 0.3 is 0 Å². The van der Waals surface area contributed by atoms with E-state index >= 15 is 0 Å². The summed E-state index contributed by atoms with van der Waals surface area (Å²) in [4.78, 5) is 15.3. The molecule has 0 radical (unpaired) electrons. The van der Waals surface area contributed by atoms with Crippen molar-refractivity contribution in [3.05, 3.63) is 70.7 Å². The van der Waals surface area contributed by atoms with Crippen LogP contribution < -0.4 is 10.2 Å². The lowest BCUT2D eigenvalue weighted by molar-refractivity contribution is 0.102. The lowest BCUT2D eigenvalue weighted by Crippen LogP contribution is -2.21. The maximum Gasteiger partial charge on any atom is 0.256 e. The number of benzene rings is 3. The Bertz CT molecular complexity index is 932. The van der Waals surface area contributed by atoms with Gasteiger partial charge in [-0.2, -0.15) is 0 Å². The fourth-order valence-electron chi connectivity index (χ4n) is 3.47. The van der Waals surface area contributed by atoms with Gasteiger partial charge in [-0.05, 0) is 47.9 Å². The molecule has 1 aliphatic rings. The standard InChI is InChI=1S/C21H19BrN2O/c22-18-10-6-7-15-16(18)8-5-9-17(15)21(25)23-19-11-1-2-12-20(19)24-13-3-4-14-24/h1-2,5-12H,3-4,13-14H2,(H,23,25). The Morgan fingerprint density at radius 1 is 0.880 bits per heavy atom. The zero-order valence-corrected chi connectivity index (χ0v) is 15.4. The van der Waals surface area contributed by atoms with Crippen molar-refractivity contribution in [1.29, 1.82) is 0 Å². The van der Waals surface area contributed by atoms with E-state index in [0.717, 1.165) is 39.7 Å². The van der Waals surface area contributed by atoms with Gasteiger partial charge in [-0.1, -0.05) is 52.3 Å². The van der Waals surface area contributed by atoms with E-state index in [1.54, 1.807) is 0 Å². The number of halogens is 1. The Morgan fingerprint density at radius 2 is 1.60 bits per heavy atom. The maximum atomic E-state index is 13.0. The molecule has 4 rings (SSSR count). The highest BCUT2D eigenvalue weighted by Crippen LogP contribution is 2.30. The zero-order valence-electron chi connectivity index (χ0n) is 13.8. The van der Waals surface area contributed by atoms with Crippen LogP contribution in [0.3, 0.4) is 0 Å². The Labute approximate surface area is 155 Å². The summed E-state index contributed by atoms with van der Waals surface area (Å²) in [5.41, 5.74) is 2.67. The second-order valence-electron chi connectivity index (χ2n) is 6.31. The summed E-state index contributed by atoms with van der Waals surface area (Å²) >= 11 is 3.56. The third-order valence-electron chi connectivity index (χ3n) is 4.71. The van der Waals surface area contributed by atoms with Gasteiger partial charge in [0.25, 0.3) is 5.91 Å². The highest BCUT2D eigenvalue weighted by Gasteiger charge is 2.18. The van der Waals surface area contributed by atoms with E-state index in [1.807, 2.05) is 54.6 Å². The Kier molecular flexibility index (Phi) is 4.45. The number of carbonyl (C=O) groups excluding carboxylic acids is 1. The summed E-state index contributed by atoms with van der Waals surface area (Å²) in [6, 6.07) is 19.8. The minimum absolute atomic E-state index is 0.0738. The van der Waals surface area contributed by atoms with E-state index in [9.17, 15) is 4.79 Å². The van der Waals surface area contributed by atoms with Crippen molar-refractivity contribution in [1.82, 2.24) is 0 Å². The lowest BCUT2D eigenvalue weighted by atomic mass is 10.0. The molecule has 0 unspecified atom stereocenters. The Morgan fingerprint density at radius 3 is 2.44 bits per heavy atom. The number of hydrogen-bond donors (Lipinski definition) is 1. The summed E-state index contributed by atoms with van der Waals surface area (Å²) in [5.74, 6) is -0.0738. The highest BCUT2D eigenvalue weighted by molar-refractivity contribution is 9.10. The fourth-order valence-corrected chi connectivity index (χ4v) is 3.97. The average molecular weight is 395 g/mol. The van der Waals surface area contributed by atoms with Crippen molar-refractivity contribution < 1.29 is 4.79 Å². The van der Waals surface area contributed by atoms with Crippen LogP contribution in [0, 0.1) is 0 Å². The number of para-hydroxylation sites is 2. The number of nitrogens with zero attached hydrogens (tertiary/aromatic N) is 1. The summed E-state index contributed by atoms with van der Waals surface area (Å²) in [6.45, 7) is 2.10. The van der Waals surface area contributed by atoms with Crippen molar-refractivity contribution in [2.24, 2.45) is 0 Å². The van der Waals surface area contributed by atoms with Gasteiger partial charge < -0.3 is 10.2 Å². The van der Waals surface area contributed by atoms with Crippen LogP contribution in [0.1, 0.15) is 23.2 Å². The first kappa shape index (κ1) is 16.2. The maximum absolute atomic E-state index is 13.0. The SMILES string of the molecule is O=C(Nc1ccccc1N1CCCC1)c1cccc2c(Br)cccc12. The molecule has 0 saturated carbocycles. The van der Waals surface area contributed by atoms with Crippen LogP contribution >= 0.6 is 15.9 Å². The van der Waals surface area contributed by atoms with E-state index in [-0.39, 0.29) is 5.91 Å². The molecule has 1 aliphatic heterocycles. The molecule has 1 heterocycles. The van der Waals surface area contributed by atoms with Gasteiger partial charge in [0, 0.05) is 23.1 Å². The van der Waals surface area contributed by atoms with Gasteiger partial charge in [0.2, 0.25) is 0 Å². The van der Waals surface area contributed by atoms with Crippen LogP contribution in [-0.2, 0) is 0 Å². The van der Waals surface area contributed by atoms with Gasteiger partial charge in [0.05, 0.1) is 11.4 Å². The molecule has 3 aromatic carbocycles. The van der Waals surface area contributed by atoms with Crippen LogP contribution in [0.25, 0.3) is 10.8 Å². The van der Waals surface area contributed by atoms with Crippen molar-refractivity contribution in [3.63, 3.8) is 0 Å². The van der Waals surface area contributed by atoms with Crippen LogP contribution in [-0.4, -0.2) is 19.0 Å². The van der Waals surface area contributed by atoms with E-state index in [1.165, 1.54) is 12.8 Å². The quantitative estimate of drug-likeness (QED) is 0.639. The molecule has 1 saturated heterocycles. The number of carbonyl (C=O) groups is 1. The molecule has 0 aromatic heterocycles. The van der Waals surface area contributed by atoms with Crippen LogP contribution in [0.2, 0.25) is 0 Å². The number of nitrogens with one attached hydrogen (secondary N) is 1. The van der Waals surface area contributed by atoms with Gasteiger partial charge in [0.15, 0.2) is 0 Å². The van der Waals surface area contributed by atoms with Crippen molar-refractivity contribution in [2.75, 3.05) is 23.3 Å². The Hall–Kier alpha value is -2.33. The summed E-state index contributed by atoms with van der Waals surface area (Å²) in [7, 11) is 0. The third-order valence-corrected chi connectivity index (χ3v) is 5.40. The Balaban J connectivity index is 1.69. The summed E-state index contributed by atoms with van der Waals surface area (Å²) < 4.78 is 0.997. The van der Waals surface area contributed by atoms with Gasteiger partial charge in [-0.25, -0.2) is 0 Å². The molecule has 3 aromatic rings. The van der Waals surface area contributed by atoms with E-state index in [2.05, 4.69) is 32.2 Å². The first-order valence-corrected chi connectivity index (χ1v) is 9.36. The fraction of sp³-hybridized carbons (Fsp3) is 0.190. The lowest BCUT2D eigenvalue weighted by Gasteiger charge is -2.21. The van der Waals surface area contributed by atoms with Gasteiger partial charge in [0.1, 0.15) is 0 Å². The molecule has 0 aliphatic carbocycles. The minimum atomic E-state index is -0.0738. The minimum Gasteiger partial charge on any atom is -0.370 e. The van der Waals surface area contributed by atoms with Crippen LogP contribution in [0.15, 0.2) is 65.1 Å². The predicted molar refractivity (Wildman–Crippen MR) is 107 cm³/mol. The average Bonchev–Trinajstić information content (AvgIpc) is 3.16. The molecule has 4 heteroatoms. The van der Waals surface area contributed by atoms with Gasteiger partial charge in [-0.15, -0.1) is 0 Å². The molecule has 1 amide bonds. The molecule has 0 spiro atoms. The third kappa shape index (κ3) is 3.14. The number of amides is 1. The molecule has 25 heavy (non-hydrogen) atoms. The largest absolute Gasteiger partial charge is 0.370 e. The molecular formula is C21H19BrN2O. The first-order valence-electron chi connectivity index (χ1n) is 8.56. The van der Waals surface area contributed by atoms with Crippen LogP contribution in [0.5, 0.6) is 0 Å². The van der Waals surface area contributed by atoms with E-state index < -0.39 is 0 Å². The number of fused-ring (bicyclic) bond motifs is 1. The number of hydrogen-bond acceptors (Lipinski definition) is 2. The second-order valence-corrected chi connectivity index (χ2v) is 7.16.